The van der Waals surface area contributed by atoms with E-state index in [0.717, 1.165) is 33.7 Å². The van der Waals surface area contributed by atoms with Gasteiger partial charge in [-0.1, -0.05) is 182 Å². The lowest BCUT2D eigenvalue weighted by Gasteiger charge is -2.30. The predicted molar refractivity (Wildman–Crippen MR) is 262 cm³/mol. The van der Waals surface area contributed by atoms with Crippen molar-refractivity contribution in [1.82, 2.24) is 4.57 Å². The summed E-state index contributed by atoms with van der Waals surface area (Å²) in [5.74, 6) is 0. The zero-order chi connectivity index (χ0) is 40.3. The van der Waals surface area contributed by atoms with Crippen molar-refractivity contribution in [3.63, 3.8) is 0 Å². The topological polar surface area (TPSA) is 8.17 Å². The molecule has 0 bridgehead atoms. The lowest BCUT2D eigenvalue weighted by Crippen LogP contribution is -2.13. The van der Waals surface area contributed by atoms with Crippen molar-refractivity contribution in [3.8, 4) is 39.1 Å². The first kappa shape index (κ1) is 35.2. The van der Waals surface area contributed by atoms with Gasteiger partial charge in [0, 0.05) is 58.7 Å². The number of para-hydroxylation sites is 2. The summed E-state index contributed by atoms with van der Waals surface area (Å²) in [5, 5.41) is 7.49. The number of fused-ring (bicyclic) bond motifs is 7. The number of anilines is 3. The molecule has 0 fully saturated rings. The fourth-order valence-corrected chi connectivity index (χ4v) is 10.6. The Hall–Kier alpha value is -7.72. The highest BCUT2D eigenvalue weighted by atomic mass is 32.1. The maximum Gasteiger partial charge on any atom is 0.0562 e. The Morgan fingerprint density at radius 1 is 0.344 bits per heavy atom. The minimum atomic E-state index is 1.08. The molecule has 0 saturated heterocycles. The van der Waals surface area contributed by atoms with Crippen molar-refractivity contribution in [3.05, 3.63) is 231 Å². The van der Waals surface area contributed by atoms with Gasteiger partial charge < -0.3 is 9.47 Å². The second kappa shape index (κ2) is 14.5. The van der Waals surface area contributed by atoms with E-state index in [0.29, 0.717) is 0 Å². The summed E-state index contributed by atoms with van der Waals surface area (Å²) in [6.45, 7) is 0. The van der Waals surface area contributed by atoms with Crippen LogP contribution in [0, 0.1) is 0 Å². The molecule has 2 aromatic heterocycles. The average molecular weight is 795 g/mol. The van der Waals surface area contributed by atoms with Crippen LogP contribution in [-0.4, -0.2) is 4.57 Å². The third kappa shape index (κ3) is 5.85. The van der Waals surface area contributed by atoms with Crippen LogP contribution in [0.3, 0.4) is 0 Å². The minimum Gasteiger partial charge on any atom is -0.309 e. The van der Waals surface area contributed by atoms with Crippen LogP contribution in [0.5, 0.6) is 0 Å². The van der Waals surface area contributed by atoms with Gasteiger partial charge in [0.2, 0.25) is 0 Å². The quantitative estimate of drug-likeness (QED) is 0.156. The number of hydrogen-bond donors (Lipinski definition) is 0. The van der Waals surface area contributed by atoms with E-state index in [1.165, 1.54) is 75.2 Å². The van der Waals surface area contributed by atoms with E-state index in [9.17, 15) is 0 Å². The molecule has 0 aliphatic heterocycles. The fraction of sp³-hybridized carbons (Fsp3) is 0. The van der Waals surface area contributed by atoms with Crippen LogP contribution >= 0.6 is 11.3 Å². The molecule has 61 heavy (non-hydrogen) atoms. The lowest BCUT2D eigenvalue weighted by atomic mass is 9.95. The van der Waals surface area contributed by atoms with Gasteiger partial charge in [-0.15, -0.1) is 11.3 Å². The Balaban J connectivity index is 1.17. The van der Waals surface area contributed by atoms with E-state index in [4.69, 9.17) is 0 Å². The Labute approximate surface area is 358 Å². The van der Waals surface area contributed by atoms with Gasteiger partial charge in [0.25, 0.3) is 0 Å². The smallest absolute Gasteiger partial charge is 0.0562 e. The van der Waals surface area contributed by atoms with E-state index in [1.807, 2.05) is 11.3 Å². The number of thiophene rings is 1. The molecular formula is C58H38N2S. The van der Waals surface area contributed by atoms with Crippen LogP contribution in [0.1, 0.15) is 0 Å². The van der Waals surface area contributed by atoms with Crippen molar-refractivity contribution in [2.75, 3.05) is 4.90 Å². The molecular weight excluding hydrogens is 757 g/mol. The van der Waals surface area contributed by atoms with Gasteiger partial charge in [-0.3, -0.25) is 0 Å². The van der Waals surface area contributed by atoms with Gasteiger partial charge in [0.15, 0.2) is 0 Å². The summed E-state index contributed by atoms with van der Waals surface area (Å²) in [6.07, 6.45) is 0. The van der Waals surface area contributed by atoms with E-state index in [-0.39, 0.29) is 0 Å². The van der Waals surface area contributed by atoms with Gasteiger partial charge in [-0.2, -0.15) is 0 Å². The average Bonchev–Trinajstić information content (AvgIpc) is 3.88. The highest BCUT2D eigenvalue weighted by molar-refractivity contribution is 7.26. The maximum atomic E-state index is 2.50. The van der Waals surface area contributed by atoms with Crippen LogP contribution < -0.4 is 4.90 Å². The first-order valence-corrected chi connectivity index (χ1v) is 21.7. The highest BCUT2D eigenvalue weighted by Crippen LogP contribution is 2.49. The van der Waals surface area contributed by atoms with Crippen LogP contribution in [0.2, 0.25) is 0 Å². The molecule has 0 unspecified atom stereocenters. The number of rotatable bonds is 7. The molecule has 12 rings (SSSR count). The Morgan fingerprint density at radius 2 is 0.967 bits per heavy atom. The summed E-state index contributed by atoms with van der Waals surface area (Å²) in [6, 6.07) is 84.3. The molecule has 0 atom stereocenters. The van der Waals surface area contributed by atoms with Crippen molar-refractivity contribution in [2.24, 2.45) is 0 Å². The zero-order valence-electron chi connectivity index (χ0n) is 33.2. The summed E-state index contributed by atoms with van der Waals surface area (Å²) in [5.41, 5.74) is 13.9. The molecule has 2 nitrogen and oxygen atoms in total. The SMILES string of the molecule is c1ccc(-c2ccc(N(c3ccc4c5ccccc5n(-c5cccc6ccccc56)c4c3)c3ccccc3-c3cccc4c3sc3ccccc34)c(-c3ccccc3)c2)cc1. The van der Waals surface area contributed by atoms with Gasteiger partial charge in [0.05, 0.1) is 28.1 Å². The van der Waals surface area contributed by atoms with E-state index in [1.54, 1.807) is 0 Å². The normalized spacial score (nSPS) is 11.6. The number of hydrogen-bond acceptors (Lipinski definition) is 2. The second-order valence-corrected chi connectivity index (χ2v) is 16.7. The first-order valence-electron chi connectivity index (χ1n) is 20.8. The number of nitrogens with zero attached hydrogens (tertiary/aromatic N) is 2. The lowest BCUT2D eigenvalue weighted by molar-refractivity contribution is 1.19. The van der Waals surface area contributed by atoms with E-state index >= 15 is 0 Å². The Bertz CT molecular complexity index is 3590. The number of benzene rings is 10. The van der Waals surface area contributed by atoms with E-state index < -0.39 is 0 Å². The second-order valence-electron chi connectivity index (χ2n) is 15.6. The van der Waals surface area contributed by atoms with Crippen LogP contribution in [0.25, 0.3) is 91.8 Å². The maximum absolute atomic E-state index is 2.50. The van der Waals surface area contributed by atoms with Crippen molar-refractivity contribution in [1.29, 1.82) is 0 Å². The van der Waals surface area contributed by atoms with Crippen molar-refractivity contribution < 1.29 is 0 Å². The molecule has 0 aliphatic rings. The highest BCUT2D eigenvalue weighted by Gasteiger charge is 2.24. The Morgan fingerprint density at radius 3 is 1.84 bits per heavy atom. The van der Waals surface area contributed by atoms with Crippen molar-refractivity contribution in [2.45, 2.75) is 0 Å². The minimum absolute atomic E-state index is 1.08. The molecule has 3 heteroatoms. The van der Waals surface area contributed by atoms with E-state index in [2.05, 4.69) is 240 Å². The Kier molecular flexibility index (Phi) is 8.39. The summed E-state index contributed by atoms with van der Waals surface area (Å²) in [4.78, 5) is 2.50. The molecule has 10 aromatic carbocycles. The van der Waals surface area contributed by atoms with Crippen LogP contribution in [0.4, 0.5) is 17.1 Å². The molecule has 0 amide bonds. The molecule has 2 heterocycles. The fourth-order valence-electron chi connectivity index (χ4n) is 9.41. The van der Waals surface area contributed by atoms with Crippen molar-refractivity contribution >= 4 is 81.1 Å². The number of aromatic nitrogens is 1. The standard InChI is InChI=1S/C58H38N2S/c1-3-17-39(18-4-1)42-33-36-55(51(37-42)41-19-5-2-6-20-41)59(53-29-12-10-25-46(53)49-27-16-28-50-48-26-11-14-32-57(48)61-58(49)50)43-34-35-47-45-24-9-13-30-54(45)60(56(47)38-43)52-31-15-22-40-21-7-8-23-44(40)52/h1-38H. The molecule has 0 spiro atoms. The van der Waals surface area contributed by atoms with Crippen LogP contribution in [-0.2, 0) is 0 Å². The summed E-state index contributed by atoms with van der Waals surface area (Å²) < 4.78 is 5.06. The van der Waals surface area contributed by atoms with Gasteiger partial charge in [0.1, 0.15) is 0 Å². The zero-order valence-corrected chi connectivity index (χ0v) is 34.1. The van der Waals surface area contributed by atoms with Crippen LogP contribution in [0.15, 0.2) is 231 Å². The third-order valence-electron chi connectivity index (χ3n) is 12.2. The molecule has 286 valence electrons. The molecule has 0 N–H and O–H groups in total. The predicted octanol–water partition coefficient (Wildman–Crippen LogP) is 16.8. The van der Waals surface area contributed by atoms with Gasteiger partial charge in [-0.25, -0.2) is 0 Å². The monoisotopic (exact) mass is 794 g/mol. The largest absolute Gasteiger partial charge is 0.309 e. The molecule has 0 saturated carbocycles. The first-order chi connectivity index (χ1) is 30.3. The summed E-state index contributed by atoms with van der Waals surface area (Å²) in [7, 11) is 0. The van der Waals surface area contributed by atoms with Gasteiger partial charge in [-0.05, 0) is 70.6 Å². The third-order valence-corrected chi connectivity index (χ3v) is 13.4. The van der Waals surface area contributed by atoms with Gasteiger partial charge >= 0.3 is 0 Å². The molecule has 12 aromatic rings. The molecule has 0 radical (unpaired) electrons. The summed E-state index contributed by atoms with van der Waals surface area (Å²) >= 11 is 1.88. The molecule has 0 aliphatic carbocycles.